The zero-order valence-corrected chi connectivity index (χ0v) is 9.83. The van der Waals surface area contributed by atoms with Gasteiger partial charge in [0.15, 0.2) is 0 Å². The van der Waals surface area contributed by atoms with E-state index in [1.165, 1.54) is 12.8 Å². The Labute approximate surface area is 92.2 Å². The lowest BCUT2D eigenvalue weighted by Gasteiger charge is -2.29. The van der Waals surface area contributed by atoms with Crippen LogP contribution in [0.1, 0.15) is 39.5 Å². The van der Waals surface area contributed by atoms with E-state index < -0.39 is 0 Å². The van der Waals surface area contributed by atoms with Gasteiger partial charge in [0.25, 0.3) is 0 Å². The van der Waals surface area contributed by atoms with Gasteiger partial charge >= 0.3 is 0 Å². The Morgan fingerprint density at radius 1 is 1.40 bits per heavy atom. The van der Waals surface area contributed by atoms with Gasteiger partial charge in [0.1, 0.15) is 0 Å². The van der Waals surface area contributed by atoms with Crippen molar-refractivity contribution in [1.29, 1.82) is 0 Å². The van der Waals surface area contributed by atoms with Gasteiger partial charge in [-0.15, -0.1) is 0 Å². The molecule has 0 aromatic rings. The first-order valence-corrected chi connectivity index (χ1v) is 6.22. The Hall–Kier alpha value is -0.570. The number of amides is 1. The van der Waals surface area contributed by atoms with Gasteiger partial charge in [-0.2, -0.15) is 0 Å². The van der Waals surface area contributed by atoms with Crippen LogP contribution < -0.4 is 5.32 Å². The molecule has 15 heavy (non-hydrogen) atoms. The zero-order valence-electron chi connectivity index (χ0n) is 9.83. The number of hydrogen-bond donors (Lipinski definition) is 1. The van der Waals surface area contributed by atoms with Crippen molar-refractivity contribution in [3.63, 3.8) is 0 Å². The van der Waals surface area contributed by atoms with Crippen molar-refractivity contribution in [2.45, 2.75) is 51.6 Å². The molecule has 1 saturated carbocycles. The molecule has 0 aromatic carbocycles. The molecule has 0 radical (unpaired) electrons. The van der Waals surface area contributed by atoms with E-state index in [2.05, 4.69) is 24.1 Å². The predicted molar refractivity (Wildman–Crippen MR) is 60.6 cm³/mol. The predicted octanol–water partition coefficient (Wildman–Crippen LogP) is 1.39. The molecule has 1 N–H and O–H groups in total. The molecule has 3 heteroatoms. The van der Waals surface area contributed by atoms with E-state index in [0.29, 0.717) is 11.9 Å². The Bertz CT molecular complexity index is 230. The summed E-state index contributed by atoms with van der Waals surface area (Å²) in [7, 11) is 0. The van der Waals surface area contributed by atoms with Crippen molar-refractivity contribution in [2.24, 2.45) is 5.92 Å². The molecule has 1 aliphatic heterocycles. The average Bonchev–Trinajstić information content (AvgIpc) is 2.84. The first-order chi connectivity index (χ1) is 7.18. The van der Waals surface area contributed by atoms with Crippen LogP contribution in [0.2, 0.25) is 0 Å². The van der Waals surface area contributed by atoms with E-state index in [0.717, 1.165) is 31.8 Å². The van der Waals surface area contributed by atoms with Crippen LogP contribution in [0.4, 0.5) is 0 Å². The Balaban J connectivity index is 1.92. The molecule has 0 bridgehead atoms. The Morgan fingerprint density at radius 3 is 2.60 bits per heavy atom. The van der Waals surface area contributed by atoms with Gasteiger partial charge in [0, 0.05) is 12.6 Å². The maximum Gasteiger partial charge on any atom is 0.239 e. The van der Waals surface area contributed by atoms with Crippen LogP contribution in [0.3, 0.4) is 0 Å². The van der Waals surface area contributed by atoms with Crippen LogP contribution in [0.25, 0.3) is 0 Å². The van der Waals surface area contributed by atoms with Crippen molar-refractivity contribution in [3.05, 3.63) is 0 Å². The Morgan fingerprint density at radius 2 is 2.13 bits per heavy atom. The summed E-state index contributed by atoms with van der Waals surface area (Å²) in [5.74, 6) is 1.12. The van der Waals surface area contributed by atoms with Crippen molar-refractivity contribution in [3.8, 4) is 0 Å². The van der Waals surface area contributed by atoms with Gasteiger partial charge in [0.05, 0.1) is 6.04 Å². The van der Waals surface area contributed by atoms with E-state index in [1.807, 2.05) is 0 Å². The molecule has 1 heterocycles. The SMILES string of the molecule is CC(C)N(CC1CC1)C(=O)[C@H]1CCCN1. The summed E-state index contributed by atoms with van der Waals surface area (Å²) >= 11 is 0. The maximum absolute atomic E-state index is 12.2. The first kappa shape index (κ1) is 10.9. The molecular formula is C12H22N2O. The minimum Gasteiger partial charge on any atom is -0.339 e. The second-order valence-electron chi connectivity index (χ2n) is 5.18. The van der Waals surface area contributed by atoms with E-state index in [9.17, 15) is 4.79 Å². The summed E-state index contributed by atoms with van der Waals surface area (Å²) in [6.45, 7) is 6.23. The molecule has 0 unspecified atom stereocenters. The molecule has 1 saturated heterocycles. The average molecular weight is 210 g/mol. The fraction of sp³-hybridized carbons (Fsp3) is 0.917. The number of carbonyl (C=O) groups excluding carboxylic acids is 1. The van der Waals surface area contributed by atoms with Gasteiger partial charge in [-0.05, 0) is 52.0 Å². The topological polar surface area (TPSA) is 32.3 Å². The third-order valence-corrected chi connectivity index (χ3v) is 3.42. The largest absolute Gasteiger partial charge is 0.339 e. The highest BCUT2D eigenvalue weighted by Crippen LogP contribution is 2.30. The molecule has 3 nitrogen and oxygen atoms in total. The third kappa shape index (κ3) is 2.71. The van der Waals surface area contributed by atoms with Gasteiger partial charge in [-0.1, -0.05) is 0 Å². The minimum absolute atomic E-state index is 0.103. The van der Waals surface area contributed by atoms with E-state index in [-0.39, 0.29) is 6.04 Å². The minimum atomic E-state index is 0.103. The molecule has 1 atom stereocenters. The fourth-order valence-corrected chi connectivity index (χ4v) is 2.23. The molecule has 0 spiro atoms. The highest BCUT2D eigenvalue weighted by atomic mass is 16.2. The zero-order chi connectivity index (χ0) is 10.8. The number of nitrogens with one attached hydrogen (secondary N) is 1. The van der Waals surface area contributed by atoms with Gasteiger partial charge in [0.2, 0.25) is 5.91 Å². The van der Waals surface area contributed by atoms with Crippen molar-refractivity contribution in [2.75, 3.05) is 13.1 Å². The van der Waals surface area contributed by atoms with Crippen LogP contribution in [0, 0.1) is 5.92 Å². The van der Waals surface area contributed by atoms with Crippen LogP contribution in [0.15, 0.2) is 0 Å². The van der Waals surface area contributed by atoms with Crippen molar-refractivity contribution < 1.29 is 4.79 Å². The van der Waals surface area contributed by atoms with Crippen LogP contribution in [-0.4, -0.2) is 36.0 Å². The molecule has 2 rings (SSSR count). The molecule has 86 valence electrons. The smallest absolute Gasteiger partial charge is 0.239 e. The second-order valence-corrected chi connectivity index (χ2v) is 5.18. The monoisotopic (exact) mass is 210 g/mol. The molecule has 0 aromatic heterocycles. The second kappa shape index (κ2) is 4.52. The number of hydrogen-bond acceptors (Lipinski definition) is 2. The van der Waals surface area contributed by atoms with E-state index in [4.69, 9.17) is 0 Å². The quantitative estimate of drug-likeness (QED) is 0.760. The summed E-state index contributed by atoms with van der Waals surface area (Å²) in [4.78, 5) is 14.3. The van der Waals surface area contributed by atoms with Gasteiger partial charge < -0.3 is 10.2 Å². The lowest BCUT2D eigenvalue weighted by molar-refractivity contribution is -0.135. The first-order valence-electron chi connectivity index (χ1n) is 6.22. The van der Waals surface area contributed by atoms with Gasteiger partial charge in [-0.25, -0.2) is 0 Å². The maximum atomic E-state index is 12.2. The number of carbonyl (C=O) groups is 1. The summed E-state index contributed by atoms with van der Waals surface area (Å²) < 4.78 is 0. The molecule has 2 aliphatic rings. The van der Waals surface area contributed by atoms with Gasteiger partial charge in [-0.3, -0.25) is 4.79 Å². The van der Waals surface area contributed by atoms with Crippen LogP contribution >= 0.6 is 0 Å². The normalized spacial score (nSPS) is 25.9. The molecule has 2 fully saturated rings. The number of rotatable bonds is 4. The standard InChI is InChI=1S/C12H22N2O/c1-9(2)14(8-10-5-6-10)12(15)11-4-3-7-13-11/h9-11,13H,3-8H2,1-2H3/t11-/m1/s1. The lowest BCUT2D eigenvalue weighted by atomic mass is 10.1. The molecule has 1 aliphatic carbocycles. The van der Waals surface area contributed by atoms with Crippen LogP contribution in [0.5, 0.6) is 0 Å². The summed E-state index contributed by atoms with van der Waals surface area (Å²) in [5.41, 5.74) is 0. The van der Waals surface area contributed by atoms with Crippen molar-refractivity contribution >= 4 is 5.91 Å². The lowest BCUT2D eigenvalue weighted by Crippen LogP contribution is -2.47. The van der Waals surface area contributed by atoms with Crippen LogP contribution in [-0.2, 0) is 4.79 Å². The van der Waals surface area contributed by atoms with Crippen molar-refractivity contribution in [1.82, 2.24) is 10.2 Å². The molecule has 1 amide bonds. The highest BCUT2D eigenvalue weighted by molar-refractivity contribution is 5.82. The summed E-state index contributed by atoms with van der Waals surface area (Å²) in [5, 5.41) is 3.29. The fourth-order valence-electron chi connectivity index (χ4n) is 2.23. The highest BCUT2D eigenvalue weighted by Gasteiger charge is 2.32. The molecular weight excluding hydrogens is 188 g/mol. The summed E-state index contributed by atoms with van der Waals surface area (Å²) in [6, 6.07) is 0.451. The Kier molecular flexibility index (Phi) is 3.29. The summed E-state index contributed by atoms with van der Waals surface area (Å²) in [6.07, 6.45) is 4.79. The third-order valence-electron chi connectivity index (χ3n) is 3.42. The number of nitrogens with zero attached hydrogens (tertiary/aromatic N) is 1. The van der Waals surface area contributed by atoms with E-state index >= 15 is 0 Å². The van der Waals surface area contributed by atoms with E-state index in [1.54, 1.807) is 0 Å².